The summed E-state index contributed by atoms with van der Waals surface area (Å²) in [5.41, 5.74) is 0.892. The van der Waals surface area contributed by atoms with Crippen molar-refractivity contribution < 1.29 is 9.47 Å². The van der Waals surface area contributed by atoms with Gasteiger partial charge in [0.25, 0.3) is 6.01 Å². The molecule has 0 spiro atoms. The highest BCUT2D eigenvalue weighted by atomic mass is 32.1. The van der Waals surface area contributed by atoms with Crippen molar-refractivity contribution in [1.29, 1.82) is 0 Å². The quantitative estimate of drug-likeness (QED) is 0.870. The maximum absolute atomic E-state index is 5.59. The number of nitrogens with zero attached hydrogens (tertiary/aromatic N) is 2. The molecule has 0 saturated carbocycles. The molecule has 1 heterocycles. The summed E-state index contributed by atoms with van der Waals surface area (Å²) in [5.74, 6) is 1.44. The van der Waals surface area contributed by atoms with Crippen molar-refractivity contribution in [3.63, 3.8) is 0 Å². The van der Waals surface area contributed by atoms with Crippen molar-refractivity contribution in [2.75, 3.05) is 7.11 Å². The van der Waals surface area contributed by atoms with E-state index < -0.39 is 0 Å². The van der Waals surface area contributed by atoms with Crippen LogP contribution < -0.4 is 9.47 Å². The van der Waals surface area contributed by atoms with Crippen LogP contribution in [0.2, 0.25) is 0 Å². The summed E-state index contributed by atoms with van der Waals surface area (Å²) in [5, 5.41) is 0. The topological polar surface area (TPSA) is 60.0 Å². The van der Waals surface area contributed by atoms with Crippen LogP contribution in [0.1, 0.15) is 13.8 Å². The van der Waals surface area contributed by atoms with Crippen molar-refractivity contribution in [1.82, 2.24) is 15.0 Å². The van der Waals surface area contributed by atoms with Gasteiger partial charge in [0.1, 0.15) is 11.6 Å². The first-order chi connectivity index (χ1) is 9.08. The van der Waals surface area contributed by atoms with Crippen LogP contribution >= 0.6 is 12.2 Å². The number of hydrogen-bond acceptors (Lipinski definition) is 5. The Balaban J connectivity index is 2.31. The predicted molar refractivity (Wildman–Crippen MR) is 75.0 cm³/mol. The highest BCUT2D eigenvalue weighted by Gasteiger charge is 2.04. The number of H-pyrrole nitrogens is 1. The Morgan fingerprint density at radius 2 is 1.84 bits per heavy atom. The first-order valence-electron chi connectivity index (χ1n) is 5.88. The van der Waals surface area contributed by atoms with Crippen LogP contribution in [-0.2, 0) is 0 Å². The Morgan fingerprint density at radius 3 is 2.42 bits per heavy atom. The molecule has 2 rings (SSSR count). The van der Waals surface area contributed by atoms with Gasteiger partial charge >= 0.3 is 0 Å². The zero-order valence-corrected chi connectivity index (χ0v) is 11.8. The molecule has 0 saturated heterocycles. The van der Waals surface area contributed by atoms with Crippen LogP contribution in [0, 0.1) is 4.77 Å². The fourth-order valence-electron chi connectivity index (χ4n) is 1.56. The van der Waals surface area contributed by atoms with Crippen LogP contribution in [0.15, 0.2) is 24.3 Å². The normalized spacial score (nSPS) is 10.5. The van der Waals surface area contributed by atoms with E-state index in [0.717, 1.165) is 11.3 Å². The van der Waals surface area contributed by atoms with Crippen LogP contribution in [0.3, 0.4) is 0 Å². The first-order valence-corrected chi connectivity index (χ1v) is 6.29. The SMILES string of the molecule is COc1nc(=S)nc(-c2ccc(OC(C)C)cc2)[nH]1. The van der Waals surface area contributed by atoms with Crippen molar-refractivity contribution in [2.45, 2.75) is 20.0 Å². The molecule has 100 valence electrons. The molecule has 2 aromatic rings. The summed E-state index contributed by atoms with van der Waals surface area (Å²) in [6.45, 7) is 3.97. The van der Waals surface area contributed by atoms with Crippen molar-refractivity contribution in [3.8, 4) is 23.1 Å². The number of rotatable bonds is 4. The third-order valence-electron chi connectivity index (χ3n) is 2.32. The summed E-state index contributed by atoms with van der Waals surface area (Å²) in [7, 11) is 1.52. The standard InChI is InChI=1S/C13H15N3O2S/c1-8(2)18-10-6-4-9(5-7-10)11-14-12(17-3)16-13(19)15-11/h4-8H,1-3H3,(H,14,15,16,19). The minimum absolute atomic E-state index is 0.149. The van der Waals surface area contributed by atoms with Gasteiger partial charge in [-0.05, 0) is 50.3 Å². The summed E-state index contributed by atoms with van der Waals surface area (Å²) in [6, 6.07) is 7.94. The fraction of sp³-hybridized carbons (Fsp3) is 0.308. The van der Waals surface area contributed by atoms with Crippen molar-refractivity contribution in [2.24, 2.45) is 0 Å². The molecular formula is C13H15N3O2S. The van der Waals surface area contributed by atoms with Gasteiger partial charge in [-0.1, -0.05) is 0 Å². The molecule has 0 atom stereocenters. The van der Waals surface area contributed by atoms with E-state index in [-0.39, 0.29) is 10.9 Å². The van der Waals surface area contributed by atoms with Crippen LogP contribution in [0.5, 0.6) is 11.8 Å². The van der Waals surface area contributed by atoms with Gasteiger partial charge in [-0.3, -0.25) is 4.98 Å². The molecule has 0 aliphatic carbocycles. The zero-order valence-electron chi connectivity index (χ0n) is 11.0. The van der Waals surface area contributed by atoms with Crippen LogP contribution in [0.25, 0.3) is 11.4 Å². The van der Waals surface area contributed by atoms with E-state index in [1.165, 1.54) is 7.11 Å². The number of ether oxygens (including phenoxy) is 2. The minimum atomic E-state index is 0.149. The monoisotopic (exact) mass is 277 g/mol. The highest BCUT2D eigenvalue weighted by molar-refractivity contribution is 7.71. The fourth-order valence-corrected chi connectivity index (χ4v) is 1.74. The molecule has 5 nitrogen and oxygen atoms in total. The first kappa shape index (κ1) is 13.5. The second-order valence-corrected chi connectivity index (χ2v) is 4.55. The van der Waals surface area contributed by atoms with Crippen LogP contribution in [-0.4, -0.2) is 28.2 Å². The Hall–Kier alpha value is -1.95. The summed E-state index contributed by atoms with van der Waals surface area (Å²) >= 11 is 4.99. The number of hydrogen-bond donors (Lipinski definition) is 1. The van der Waals surface area contributed by atoms with Crippen molar-refractivity contribution in [3.05, 3.63) is 29.0 Å². The van der Waals surface area contributed by atoms with E-state index in [1.807, 2.05) is 38.1 Å². The van der Waals surface area contributed by atoms with Gasteiger partial charge in [0.05, 0.1) is 13.2 Å². The third kappa shape index (κ3) is 3.51. The Morgan fingerprint density at radius 1 is 1.16 bits per heavy atom. The van der Waals surface area contributed by atoms with E-state index in [9.17, 15) is 0 Å². The summed E-state index contributed by atoms with van der Waals surface area (Å²) in [6.07, 6.45) is 0.149. The number of aromatic amines is 1. The molecule has 1 aromatic carbocycles. The lowest BCUT2D eigenvalue weighted by Gasteiger charge is -2.10. The second-order valence-electron chi connectivity index (χ2n) is 4.18. The predicted octanol–water partition coefficient (Wildman–Crippen LogP) is 3.00. The van der Waals surface area contributed by atoms with Gasteiger partial charge in [0, 0.05) is 5.56 Å². The maximum Gasteiger partial charge on any atom is 0.297 e. The summed E-state index contributed by atoms with van der Waals surface area (Å²) < 4.78 is 10.9. The number of aromatic nitrogens is 3. The molecule has 0 amide bonds. The Bertz CT molecular complexity index is 608. The number of methoxy groups -OCH3 is 1. The lowest BCUT2D eigenvalue weighted by atomic mass is 10.2. The third-order valence-corrected chi connectivity index (χ3v) is 2.51. The molecule has 1 aromatic heterocycles. The van der Waals surface area contributed by atoms with E-state index in [1.54, 1.807) is 0 Å². The van der Waals surface area contributed by atoms with Crippen molar-refractivity contribution >= 4 is 12.2 Å². The molecule has 1 N–H and O–H groups in total. The zero-order chi connectivity index (χ0) is 13.8. The van der Waals surface area contributed by atoms with Gasteiger partial charge < -0.3 is 9.47 Å². The largest absolute Gasteiger partial charge is 0.491 e. The molecule has 19 heavy (non-hydrogen) atoms. The lowest BCUT2D eigenvalue weighted by molar-refractivity contribution is 0.242. The lowest BCUT2D eigenvalue weighted by Crippen LogP contribution is -2.05. The van der Waals surface area contributed by atoms with Gasteiger partial charge in [-0.15, -0.1) is 0 Å². The average molecular weight is 277 g/mol. The Labute approximate surface area is 116 Å². The maximum atomic E-state index is 5.59. The molecule has 0 unspecified atom stereocenters. The van der Waals surface area contributed by atoms with Gasteiger partial charge in [-0.25, -0.2) is 4.98 Å². The molecule has 0 fully saturated rings. The van der Waals surface area contributed by atoms with Crippen LogP contribution in [0.4, 0.5) is 0 Å². The van der Waals surface area contributed by atoms with E-state index in [0.29, 0.717) is 11.8 Å². The number of benzene rings is 1. The number of nitrogens with one attached hydrogen (secondary N) is 1. The minimum Gasteiger partial charge on any atom is -0.491 e. The van der Waals surface area contributed by atoms with Gasteiger partial charge in [0.2, 0.25) is 4.77 Å². The highest BCUT2D eigenvalue weighted by Crippen LogP contribution is 2.20. The molecule has 0 radical (unpaired) electrons. The van der Waals surface area contributed by atoms with E-state index in [4.69, 9.17) is 21.7 Å². The van der Waals surface area contributed by atoms with Gasteiger partial charge in [-0.2, -0.15) is 4.98 Å². The smallest absolute Gasteiger partial charge is 0.297 e. The second kappa shape index (κ2) is 5.79. The average Bonchev–Trinajstić information content (AvgIpc) is 2.38. The molecule has 0 aliphatic heterocycles. The summed E-state index contributed by atoms with van der Waals surface area (Å²) in [4.78, 5) is 11.1. The van der Waals surface area contributed by atoms with E-state index >= 15 is 0 Å². The molecule has 6 heteroatoms. The molecule has 0 bridgehead atoms. The molecule has 0 aliphatic rings. The Kier molecular flexibility index (Phi) is 4.11. The van der Waals surface area contributed by atoms with E-state index in [2.05, 4.69) is 15.0 Å². The van der Waals surface area contributed by atoms with Gasteiger partial charge in [0.15, 0.2) is 0 Å². The molecular weight excluding hydrogens is 262 g/mol.